The average Bonchev–Trinajstić information content (AvgIpc) is 4.30. The Bertz CT molecular complexity index is 4900. The van der Waals surface area contributed by atoms with Gasteiger partial charge in [-0.2, -0.15) is 0 Å². The highest BCUT2D eigenvalue weighted by Gasteiger charge is 2.24. The number of fused-ring (bicyclic) bond motifs is 16. The minimum atomic E-state index is 1.15. The summed E-state index contributed by atoms with van der Waals surface area (Å²) in [5.41, 5.74) is 16.9. The molecule has 0 bridgehead atoms. The molecule has 0 atom stereocenters. The lowest BCUT2D eigenvalue weighted by Crippen LogP contribution is -1.94. The molecule has 0 N–H and O–H groups in total. The number of benzene rings is 13. The third-order valence-electron chi connectivity index (χ3n) is 16.5. The molecule has 13 aromatic carbocycles. The fourth-order valence-electron chi connectivity index (χ4n) is 13.1. The molecule has 0 amide bonds. The van der Waals surface area contributed by atoms with Crippen LogP contribution in [0.3, 0.4) is 0 Å². The molecule has 4 heteroatoms. The van der Waals surface area contributed by atoms with Crippen LogP contribution in [0.1, 0.15) is 0 Å². The van der Waals surface area contributed by atoms with Crippen molar-refractivity contribution in [2.24, 2.45) is 0 Å². The quantitative estimate of drug-likeness (QED) is 0.147. The predicted octanol–water partition coefficient (Wildman–Crippen LogP) is 21.6. The van der Waals surface area contributed by atoms with Crippen LogP contribution in [-0.4, -0.2) is 9.13 Å². The van der Waals surface area contributed by atoms with Crippen LogP contribution in [0.25, 0.3) is 161 Å². The molecule has 4 heterocycles. The Morgan fingerprint density at radius 3 is 0.923 bits per heavy atom. The van der Waals surface area contributed by atoms with Crippen LogP contribution in [0.5, 0.6) is 0 Å². The summed E-state index contributed by atoms with van der Waals surface area (Å²) in [4.78, 5) is 0. The summed E-state index contributed by atoms with van der Waals surface area (Å²) in [6, 6.07) is 99.5. The summed E-state index contributed by atoms with van der Waals surface area (Å²) < 4.78 is 10.2. The van der Waals surface area contributed by atoms with Gasteiger partial charge in [0, 0.05) is 73.3 Å². The molecule has 78 heavy (non-hydrogen) atoms. The maximum Gasteiger partial charge on any atom is 0.0548 e. The molecule has 17 aromatic rings. The van der Waals surface area contributed by atoms with Crippen molar-refractivity contribution in [1.82, 2.24) is 9.13 Å². The third kappa shape index (κ3) is 6.42. The molecular weight excluding hydrogens is 981 g/mol. The van der Waals surface area contributed by atoms with Gasteiger partial charge in [0.05, 0.1) is 22.1 Å². The number of hydrogen-bond acceptors (Lipinski definition) is 2. The van der Waals surface area contributed by atoms with Gasteiger partial charge in [0.15, 0.2) is 0 Å². The van der Waals surface area contributed by atoms with Gasteiger partial charge >= 0.3 is 0 Å². The van der Waals surface area contributed by atoms with E-state index in [1.54, 1.807) is 0 Å². The summed E-state index contributed by atoms with van der Waals surface area (Å²) in [5, 5.41) is 15.3. The van der Waals surface area contributed by atoms with Crippen LogP contribution < -0.4 is 0 Å². The van der Waals surface area contributed by atoms with E-state index < -0.39 is 0 Å². The van der Waals surface area contributed by atoms with Crippen molar-refractivity contribution in [3.05, 3.63) is 267 Å². The second-order valence-corrected chi connectivity index (χ2v) is 22.8. The number of thiophene rings is 2. The fourth-order valence-corrected chi connectivity index (χ4v) is 15.4. The van der Waals surface area contributed by atoms with Crippen molar-refractivity contribution in [3.8, 4) is 55.9 Å². The molecule has 0 unspecified atom stereocenters. The van der Waals surface area contributed by atoms with E-state index in [-0.39, 0.29) is 0 Å². The molecule has 0 saturated heterocycles. The summed E-state index contributed by atoms with van der Waals surface area (Å²) in [6.45, 7) is 0. The van der Waals surface area contributed by atoms with Gasteiger partial charge in [-0.3, -0.25) is 0 Å². The summed E-state index contributed by atoms with van der Waals surface area (Å²) in [5.74, 6) is 0. The minimum Gasteiger partial charge on any atom is -0.309 e. The Kier molecular flexibility index (Phi) is 9.49. The standard InChI is InChI=1S/C74H44N2S2/c1-3-15-45(16-4-1)47-27-33-51(34-28-47)75-61-37-31-49(43-59(61)71-63(75)39-41-67-73(71)57-23-11-13-25-65(57)77-67)69-53-19-7-9-21-55(53)70(56-22-10-8-20-54(56)69)50-32-38-62-60(44-50)72-64(40-42-68-74(72)58-24-12-14-26-66(58)78-68)76(62)52-35-29-48(30-36-52)46-17-5-2-6-18-46/h1-44H. The summed E-state index contributed by atoms with van der Waals surface area (Å²) in [6.07, 6.45) is 0. The Morgan fingerprint density at radius 1 is 0.205 bits per heavy atom. The molecule has 0 fully saturated rings. The molecule has 0 spiro atoms. The van der Waals surface area contributed by atoms with Gasteiger partial charge in [0.1, 0.15) is 0 Å². The highest BCUT2D eigenvalue weighted by molar-refractivity contribution is 7.26. The van der Waals surface area contributed by atoms with Crippen molar-refractivity contribution in [2.45, 2.75) is 0 Å². The van der Waals surface area contributed by atoms with Crippen molar-refractivity contribution >= 4 is 128 Å². The zero-order valence-electron chi connectivity index (χ0n) is 42.1. The van der Waals surface area contributed by atoms with Crippen LogP contribution in [0.2, 0.25) is 0 Å². The molecule has 0 saturated carbocycles. The smallest absolute Gasteiger partial charge is 0.0548 e. The molecular formula is C74H44N2S2. The van der Waals surface area contributed by atoms with E-state index in [2.05, 4.69) is 276 Å². The number of hydrogen-bond donors (Lipinski definition) is 0. The third-order valence-corrected chi connectivity index (χ3v) is 18.8. The van der Waals surface area contributed by atoms with Crippen LogP contribution in [0.4, 0.5) is 0 Å². The predicted molar refractivity (Wildman–Crippen MR) is 338 cm³/mol. The number of aromatic nitrogens is 2. The Balaban J connectivity index is 0.901. The molecule has 0 aliphatic heterocycles. The lowest BCUT2D eigenvalue weighted by Gasteiger charge is -2.18. The monoisotopic (exact) mass is 1020 g/mol. The van der Waals surface area contributed by atoms with Gasteiger partial charge in [-0.25, -0.2) is 0 Å². The van der Waals surface area contributed by atoms with Crippen molar-refractivity contribution in [2.75, 3.05) is 0 Å². The maximum absolute atomic E-state index is 2.50. The number of nitrogens with zero attached hydrogens (tertiary/aromatic N) is 2. The summed E-state index contributed by atoms with van der Waals surface area (Å²) in [7, 11) is 0. The van der Waals surface area contributed by atoms with E-state index in [9.17, 15) is 0 Å². The van der Waals surface area contributed by atoms with Gasteiger partial charge in [0.25, 0.3) is 0 Å². The Labute approximate surface area is 457 Å². The van der Waals surface area contributed by atoms with Gasteiger partial charge in [-0.1, -0.05) is 182 Å². The summed E-state index contributed by atoms with van der Waals surface area (Å²) >= 11 is 3.77. The molecule has 2 nitrogen and oxygen atoms in total. The second-order valence-electron chi connectivity index (χ2n) is 20.7. The number of rotatable bonds is 6. The fraction of sp³-hybridized carbons (Fsp3) is 0. The van der Waals surface area contributed by atoms with Crippen LogP contribution in [0, 0.1) is 0 Å². The van der Waals surface area contributed by atoms with Gasteiger partial charge < -0.3 is 9.13 Å². The molecule has 0 aliphatic carbocycles. The minimum absolute atomic E-state index is 1.15. The van der Waals surface area contributed by atoms with E-state index in [1.807, 2.05) is 22.7 Å². The molecule has 17 rings (SSSR count). The van der Waals surface area contributed by atoms with Crippen LogP contribution in [0.15, 0.2) is 267 Å². The van der Waals surface area contributed by atoms with Crippen molar-refractivity contribution in [3.63, 3.8) is 0 Å². The van der Waals surface area contributed by atoms with Crippen LogP contribution in [-0.2, 0) is 0 Å². The second kappa shape index (κ2) is 17.0. The van der Waals surface area contributed by atoms with Gasteiger partial charge in [0.2, 0.25) is 0 Å². The first-order valence-corrected chi connectivity index (χ1v) is 28.4. The van der Waals surface area contributed by atoms with Crippen LogP contribution >= 0.6 is 22.7 Å². The van der Waals surface area contributed by atoms with Crippen molar-refractivity contribution < 1.29 is 0 Å². The topological polar surface area (TPSA) is 9.86 Å². The molecule has 4 aromatic heterocycles. The van der Waals surface area contributed by atoms with Gasteiger partial charge in [-0.05, 0) is 151 Å². The van der Waals surface area contributed by atoms with Gasteiger partial charge in [-0.15, -0.1) is 22.7 Å². The molecule has 0 radical (unpaired) electrons. The zero-order chi connectivity index (χ0) is 51.0. The highest BCUT2D eigenvalue weighted by Crippen LogP contribution is 2.50. The maximum atomic E-state index is 2.50. The SMILES string of the molecule is c1ccc(-c2ccc(-n3c4ccc(-c5c6ccccc6c(-c6ccc7c(c6)c6c8c(ccc6n7-c6ccc(-c7ccccc7)cc6)sc6ccccc68)c6ccccc56)cc4c4c5c(ccc43)sc3ccccc35)cc2)cc1. The normalized spacial score (nSPS) is 12.1. The first-order valence-electron chi connectivity index (χ1n) is 26.7. The zero-order valence-corrected chi connectivity index (χ0v) is 43.7. The highest BCUT2D eigenvalue weighted by atomic mass is 32.1. The van der Waals surface area contributed by atoms with E-state index in [0.29, 0.717) is 0 Å². The average molecular weight is 1030 g/mol. The van der Waals surface area contributed by atoms with Crippen molar-refractivity contribution in [1.29, 1.82) is 0 Å². The Hall–Kier alpha value is -9.58. The lowest BCUT2D eigenvalue weighted by molar-refractivity contribution is 1.18. The first-order chi connectivity index (χ1) is 38.7. The Morgan fingerprint density at radius 2 is 0.526 bits per heavy atom. The molecule has 0 aliphatic rings. The van der Waals surface area contributed by atoms with E-state index >= 15 is 0 Å². The first kappa shape index (κ1) is 43.6. The molecule has 362 valence electrons. The van der Waals surface area contributed by atoms with E-state index in [1.165, 1.54) is 150 Å². The van der Waals surface area contributed by atoms with E-state index in [0.717, 1.165) is 11.4 Å². The lowest BCUT2D eigenvalue weighted by atomic mass is 9.85. The largest absolute Gasteiger partial charge is 0.309 e. The van der Waals surface area contributed by atoms with E-state index in [4.69, 9.17) is 0 Å².